The van der Waals surface area contributed by atoms with Gasteiger partial charge < -0.3 is 9.84 Å². The molecule has 4 nitrogen and oxygen atoms in total. The zero-order valence-electron chi connectivity index (χ0n) is 24.4. The first-order valence-electron chi connectivity index (χ1n) is 15.8. The van der Waals surface area contributed by atoms with Crippen LogP contribution in [0.2, 0.25) is 0 Å². The molecule has 0 rings (SSSR count). The molecule has 0 aromatic heterocycles. The fourth-order valence-corrected chi connectivity index (χ4v) is 4.83. The summed E-state index contributed by atoms with van der Waals surface area (Å²) in [5, 5.41) is 9.01. The van der Waals surface area contributed by atoms with Gasteiger partial charge in [0.25, 0.3) is 0 Å². The molecule has 0 amide bonds. The molecule has 0 radical (unpaired) electrons. The van der Waals surface area contributed by atoms with Gasteiger partial charge in [-0.3, -0.25) is 9.59 Å². The Morgan fingerprint density at radius 3 is 1.49 bits per heavy atom. The Morgan fingerprint density at radius 2 is 1.08 bits per heavy atom. The highest BCUT2D eigenvalue weighted by Gasteiger charge is 2.22. The van der Waals surface area contributed by atoms with Crippen molar-refractivity contribution in [1.29, 1.82) is 0 Å². The van der Waals surface area contributed by atoms with E-state index in [1.54, 1.807) is 0 Å². The summed E-state index contributed by atoms with van der Waals surface area (Å²) in [4.78, 5) is 23.0. The van der Waals surface area contributed by atoms with Crippen molar-refractivity contribution < 1.29 is 19.4 Å². The largest absolute Gasteiger partial charge is 0.481 e. The van der Waals surface area contributed by atoms with Gasteiger partial charge in [0.15, 0.2) is 0 Å². The maximum absolute atomic E-state index is 12.0. The molecule has 37 heavy (non-hydrogen) atoms. The second-order valence-corrected chi connectivity index (χ2v) is 10.8. The van der Waals surface area contributed by atoms with Crippen molar-refractivity contribution in [2.24, 2.45) is 5.92 Å². The highest BCUT2D eigenvalue weighted by atomic mass is 16.5. The summed E-state index contributed by atoms with van der Waals surface area (Å²) < 4.78 is 5.03. The lowest BCUT2D eigenvalue weighted by Crippen LogP contribution is -2.21. The van der Waals surface area contributed by atoms with Gasteiger partial charge in [0.05, 0.1) is 12.3 Å². The minimum absolute atomic E-state index is 0.142. The van der Waals surface area contributed by atoms with E-state index in [0.717, 1.165) is 19.3 Å². The number of unbranched alkanes of at least 4 members (excludes halogenated alkanes) is 20. The third kappa shape index (κ3) is 27.3. The molecule has 0 saturated carbocycles. The Hall–Kier alpha value is -1.58. The first kappa shape index (κ1) is 35.4. The summed E-state index contributed by atoms with van der Waals surface area (Å²) in [5.74, 6) is -1.90. The molecule has 0 fully saturated rings. The van der Waals surface area contributed by atoms with E-state index in [9.17, 15) is 9.59 Å². The Labute approximate surface area is 229 Å². The SMILES string of the molecule is C=CCOC(=O)C(CCCCCCCC/C=C/CCCCCCCCCCCCCCCC)CC(=O)O. The lowest BCUT2D eigenvalue weighted by atomic mass is 9.97. The van der Waals surface area contributed by atoms with Crippen LogP contribution in [0, 0.1) is 5.92 Å². The summed E-state index contributed by atoms with van der Waals surface area (Å²) in [7, 11) is 0. The van der Waals surface area contributed by atoms with Gasteiger partial charge in [-0.2, -0.15) is 0 Å². The smallest absolute Gasteiger partial charge is 0.309 e. The van der Waals surface area contributed by atoms with Crippen molar-refractivity contribution >= 4 is 11.9 Å². The predicted octanol–water partition coefficient (Wildman–Crippen LogP) is 10.4. The second-order valence-electron chi connectivity index (χ2n) is 10.8. The van der Waals surface area contributed by atoms with Crippen molar-refractivity contribution in [3.63, 3.8) is 0 Å². The van der Waals surface area contributed by atoms with Gasteiger partial charge in [0.2, 0.25) is 0 Å². The number of carboxylic acids is 1. The predicted molar refractivity (Wildman–Crippen MR) is 158 cm³/mol. The molecule has 1 atom stereocenters. The topological polar surface area (TPSA) is 63.6 Å². The van der Waals surface area contributed by atoms with Crippen LogP contribution >= 0.6 is 0 Å². The van der Waals surface area contributed by atoms with Crippen LogP contribution in [0.5, 0.6) is 0 Å². The first-order valence-corrected chi connectivity index (χ1v) is 15.8. The number of carboxylic acid groups (broad SMARTS) is 1. The summed E-state index contributed by atoms with van der Waals surface area (Å²) in [6, 6.07) is 0. The van der Waals surface area contributed by atoms with E-state index in [2.05, 4.69) is 25.7 Å². The number of carbonyl (C=O) groups excluding carboxylic acids is 1. The Balaban J connectivity index is 3.41. The molecule has 0 aromatic carbocycles. The summed E-state index contributed by atoms with van der Waals surface area (Å²) in [5.41, 5.74) is 0. The lowest BCUT2D eigenvalue weighted by Gasteiger charge is -2.13. The van der Waals surface area contributed by atoms with Gasteiger partial charge in [0.1, 0.15) is 6.61 Å². The molecular formula is C33H60O4. The molecule has 1 N–H and O–H groups in total. The monoisotopic (exact) mass is 520 g/mol. The van der Waals surface area contributed by atoms with Gasteiger partial charge in [-0.15, -0.1) is 0 Å². The van der Waals surface area contributed by atoms with E-state index in [-0.39, 0.29) is 13.0 Å². The van der Waals surface area contributed by atoms with Crippen molar-refractivity contribution in [3.05, 3.63) is 24.8 Å². The molecule has 0 heterocycles. The highest BCUT2D eigenvalue weighted by molar-refractivity contribution is 5.79. The molecule has 0 bridgehead atoms. The standard InChI is InChI=1S/C33H60O4/c1-3-5-6-7-8-9-10-11-12-13-14-15-16-17-18-19-20-21-22-23-24-25-26-27-28-31(30-32(34)35)33(36)37-29-4-2/h4,19-20,31H,2-3,5-18,21-30H2,1H3,(H,34,35)/b20-19+. The van der Waals surface area contributed by atoms with Gasteiger partial charge in [-0.25, -0.2) is 0 Å². The van der Waals surface area contributed by atoms with E-state index in [1.165, 1.54) is 128 Å². The third-order valence-electron chi connectivity index (χ3n) is 7.16. The number of hydrogen-bond donors (Lipinski definition) is 1. The van der Waals surface area contributed by atoms with E-state index in [4.69, 9.17) is 9.84 Å². The molecule has 0 aliphatic heterocycles. The number of rotatable bonds is 29. The summed E-state index contributed by atoms with van der Waals surface area (Å²) in [6.07, 6.45) is 35.6. The van der Waals surface area contributed by atoms with Crippen LogP contribution in [0.25, 0.3) is 0 Å². The number of carbonyl (C=O) groups is 2. The van der Waals surface area contributed by atoms with E-state index >= 15 is 0 Å². The Bertz CT molecular complexity index is 555. The third-order valence-corrected chi connectivity index (χ3v) is 7.16. The Kier molecular flexibility index (Phi) is 27.7. The van der Waals surface area contributed by atoms with Gasteiger partial charge in [-0.1, -0.05) is 147 Å². The maximum Gasteiger partial charge on any atom is 0.309 e. The van der Waals surface area contributed by atoms with Crippen LogP contribution in [0.15, 0.2) is 24.8 Å². The average Bonchev–Trinajstić information content (AvgIpc) is 2.88. The van der Waals surface area contributed by atoms with Crippen molar-refractivity contribution in [2.45, 2.75) is 161 Å². The number of hydrogen-bond acceptors (Lipinski definition) is 3. The first-order chi connectivity index (χ1) is 18.1. The molecule has 0 saturated heterocycles. The van der Waals surface area contributed by atoms with E-state index in [0.29, 0.717) is 6.42 Å². The average molecular weight is 521 g/mol. The normalized spacial score (nSPS) is 12.1. The molecule has 0 spiro atoms. The van der Waals surface area contributed by atoms with Crippen molar-refractivity contribution in [2.75, 3.05) is 6.61 Å². The van der Waals surface area contributed by atoms with E-state index < -0.39 is 17.9 Å². The van der Waals surface area contributed by atoms with Gasteiger partial charge >= 0.3 is 11.9 Å². The number of aliphatic carboxylic acids is 1. The number of ether oxygens (including phenoxy) is 1. The molecular weight excluding hydrogens is 460 g/mol. The van der Waals surface area contributed by atoms with E-state index in [1.807, 2.05) is 0 Å². The van der Waals surface area contributed by atoms with Gasteiger partial charge in [-0.05, 0) is 32.1 Å². The molecule has 216 valence electrons. The fraction of sp³-hybridized carbons (Fsp3) is 0.818. The Morgan fingerprint density at radius 1 is 0.676 bits per heavy atom. The maximum atomic E-state index is 12.0. The zero-order valence-corrected chi connectivity index (χ0v) is 24.4. The van der Waals surface area contributed by atoms with Crippen LogP contribution in [0.4, 0.5) is 0 Å². The molecule has 0 aliphatic carbocycles. The van der Waals surface area contributed by atoms with Crippen LogP contribution in [-0.2, 0) is 14.3 Å². The molecule has 0 aliphatic rings. The number of esters is 1. The molecule has 1 unspecified atom stereocenters. The highest BCUT2D eigenvalue weighted by Crippen LogP contribution is 2.18. The minimum Gasteiger partial charge on any atom is -0.481 e. The van der Waals surface area contributed by atoms with Crippen LogP contribution in [0.1, 0.15) is 161 Å². The summed E-state index contributed by atoms with van der Waals surface area (Å²) in [6.45, 7) is 5.94. The van der Waals surface area contributed by atoms with Crippen LogP contribution in [0.3, 0.4) is 0 Å². The van der Waals surface area contributed by atoms with Gasteiger partial charge in [0, 0.05) is 0 Å². The lowest BCUT2D eigenvalue weighted by molar-refractivity contribution is -0.152. The van der Waals surface area contributed by atoms with Crippen LogP contribution < -0.4 is 0 Å². The molecule has 4 heteroatoms. The molecule has 0 aromatic rings. The number of allylic oxidation sites excluding steroid dienone is 2. The minimum atomic E-state index is -0.946. The zero-order chi connectivity index (χ0) is 27.2. The second kappa shape index (κ2) is 29.0. The fourth-order valence-electron chi connectivity index (χ4n) is 4.83. The van der Waals surface area contributed by atoms with Crippen molar-refractivity contribution in [1.82, 2.24) is 0 Å². The van der Waals surface area contributed by atoms with Crippen LogP contribution in [-0.4, -0.2) is 23.7 Å². The summed E-state index contributed by atoms with van der Waals surface area (Å²) >= 11 is 0. The quantitative estimate of drug-likeness (QED) is 0.0605. The van der Waals surface area contributed by atoms with Crippen molar-refractivity contribution in [3.8, 4) is 0 Å².